The molecule has 0 amide bonds. The summed E-state index contributed by atoms with van der Waals surface area (Å²) in [6.07, 6.45) is 3.78. The minimum atomic E-state index is -0.289. The van der Waals surface area contributed by atoms with Gasteiger partial charge in [-0.3, -0.25) is 9.69 Å². The highest BCUT2D eigenvalue weighted by Gasteiger charge is 2.43. The van der Waals surface area contributed by atoms with Crippen molar-refractivity contribution in [3.63, 3.8) is 0 Å². The van der Waals surface area contributed by atoms with E-state index in [0.29, 0.717) is 18.0 Å². The maximum absolute atomic E-state index is 13.8. The zero-order valence-electron chi connectivity index (χ0n) is 20.8. The molecule has 0 radical (unpaired) electrons. The lowest BCUT2D eigenvalue weighted by Gasteiger charge is -2.41. The lowest BCUT2D eigenvalue weighted by atomic mass is 9.68. The van der Waals surface area contributed by atoms with E-state index in [-0.39, 0.29) is 17.3 Å². The van der Waals surface area contributed by atoms with Crippen molar-refractivity contribution in [2.45, 2.75) is 64.0 Å². The average molecular weight is 469 g/mol. The molecular formula is C30H32N2O3. The van der Waals surface area contributed by atoms with E-state index in [1.807, 2.05) is 18.2 Å². The topological polar surface area (TPSA) is 62.6 Å². The normalized spacial score (nSPS) is 21.7. The number of nitrogens with zero attached hydrogens (tertiary/aromatic N) is 2. The van der Waals surface area contributed by atoms with Gasteiger partial charge in [0.15, 0.2) is 5.78 Å². The number of hydrogen-bond acceptors (Lipinski definition) is 5. The predicted octanol–water partition coefficient (Wildman–Crippen LogP) is 4.85. The third kappa shape index (κ3) is 3.54. The van der Waals surface area contributed by atoms with Crippen LogP contribution in [-0.4, -0.2) is 49.1 Å². The number of hydrogen-bond donors (Lipinski definition) is 0. The van der Waals surface area contributed by atoms with Crippen molar-refractivity contribution in [2.75, 3.05) is 26.3 Å². The highest BCUT2D eigenvalue weighted by atomic mass is 16.5. The van der Waals surface area contributed by atoms with Crippen molar-refractivity contribution >= 4 is 11.4 Å². The quantitative estimate of drug-likeness (QED) is 0.642. The molecule has 0 N–H and O–H groups in total. The van der Waals surface area contributed by atoms with Gasteiger partial charge in [-0.2, -0.15) is 5.26 Å². The Morgan fingerprint density at radius 2 is 1.91 bits per heavy atom. The van der Waals surface area contributed by atoms with Gasteiger partial charge in [-0.05, 0) is 77.8 Å². The number of carbonyl (C=O) groups excluding carboxylic acids is 1. The van der Waals surface area contributed by atoms with Gasteiger partial charge in [0.1, 0.15) is 11.9 Å². The van der Waals surface area contributed by atoms with Crippen LogP contribution in [0.25, 0.3) is 5.57 Å². The zero-order chi connectivity index (χ0) is 24.3. The molecule has 35 heavy (non-hydrogen) atoms. The van der Waals surface area contributed by atoms with Crippen molar-refractivity contribution in [3.8, 4) is 11.8 Å². The number of ketones is 1. The number of ether oxygens (including phenoxy) is 2. The second kappa shape index (κ2) is 8.33. The van der Waals surface area contributed by atoms with Crippen LogP contribution in [0.3, 0.4) is 0 Å². The van der Waals surface area contributed by atoms with Crippen LogP contribution in [0, 0.1) is 11.3 Å². The average Bonchev–Trinajstić information content (AvgIpc) is 3.22. The first kappa shape index (κ1) is 22.5. The summed E-state index contributed by atoms with van der Waals surface area (Å²) in [6, 6.07) is 12.8. The molecule has 2 aromatic carbocycles. The number of fused-ring (bicyclic) bond motifs is 3. The number of piperidine rings is 1. The molecule has 4 aliphatic rings. The van der Waals surface area contributed by atoms with Gasteiger partial charge < -0.3 is 9.47 Å². The number of nitriles is 1. The molecule has 0 spiro atoms. The molecule has 0 aromatic heterocycles. The Morgan fingerprint density at radius 3 is 2.57 bits per heavy atom. The van der Waals surface area contributed by atoms with Crippen molar-refractivity contribution in [2.24, 2.45) is 0 Å². The van der Waals surface area contributed by atoms with Crippen LogP contribution in [0.15, 0.2) is 35.9 Å². The summed E-state index contributed by atoms with van der Waals surface area (Å²) < 4.78 is 12.0. The molecule has 2 aliphatic carbocycles. The van der Waals surface area contributed by atoms with Gasteiger partial charge in [0.2, 0.25) is 0 Å². The largest absolute Gasteiger partial charge is 0.490 e. The van der Waals surface area contributed by atoms with Crippen molar-refractivity contribution in [1.29, 1.82) is 5.26 Å². The van der Waals surface area contributed by atoms with Gasteiger partial charge in [0, 0.05) is 29.6 Å². The van der Waals surface area contributed by atoms with Crippen molar-refractivity contribution in [1.82, 2.24) is 4.90 Å². The molecule has 2 saturated heterocycles. The van der Waals surface area contributed by atoms with Crippen LogP contribution < -0.4 is 4.74 Å². The van der Waals surface area contributed by atoms with Gasteiger partial charge in [-0.25, -0.2) is 0 Å². The van der Waals surface area contributed by atoms with Crippen LogP contribution in [-0.2, 0) is 23.0 Å². The van der Waals surface area contributed by atoms with Crippen LogP contribution in [0.2, 0.25) is 0 Å². The molecule has 0 bridgehead atoms. The molecule has 0 saturated carbocycles. The summed E-state index contributed by atoms with van der Waals surface area (Å²) in [7, 11) is 0. The minimum absolute atomic E-state index is 0.107. The molecule has 5 heteroatoms. The molecule has 180 valence electrons. The first-order chi connectivity index (χ1) is 16.9. The van der Waals surface area contributed by atoms with E-state index in [1.165, 1.54) is 0 Å². The number of aryl methyl sites for hydroxylation is 1. The molecule has 5 nitrogen and oxygen atoms in total. The number of Topliss-reactive ketones (excluding diaryl/α,β-unsaturated/α-hetero) is 1. The summed E-state index contributed by atoms with van der Waals surface area (Å²) in [5.74, 6) is 1.04. The van der Waals surface area contributed by atoms with E-state index in [2.05, 4.69) is 43.9 Å². The molecule has 2 fully saturated rings. The summed E-state index contributed by atoms with van der Waals surface area (Å²) in [6.45, 7) is 10.4. The molecule has 0 unspecified atom stereocenters. The summed E-state index contributed by atoms with van der Waals surface area (Å²) in [5.41, 5.74) is 7.39. The summed E-state index contributed by atoms with van der Waals surface area (Å²) in [5, 5.41) is 9.35. The Bertz CT molecular complexity index is 1290. The second-order valence-corrected chi connectivity index (χ2v) is 10.9. The predicted molar refractivity (Wildman–Crippen MR) is 135 cm³/mol. The van der Waals surface area contributed by atoms with E-state index in [9.17, 15) is 10.1 Å². The standard InChI is InChI=1S/C30H32N2O3/c1-4-19-12-24-25(14-27(19)35-22-7-9-32(10-8-22)21-16-34-17-21)30(2,3)26-13-20-11-18(15-31)5-6-23(20)28(26)29(24)33/h5-6,11-12,14,21-22H,4,7-10,13,16-17H2,1-3H3. The Hall–Kier alpha value is -2.94. The SMILES string of the molecule is CCc1cc2c(cc1OC1CCN(C3COC3)CC1)C(C)(C)C1=C(C2=O)c2ccc(C#N)cc2C1. The van der Waals surface area contributed by atoms with E-state index >= 15 is 0 Å². The molecule has 2 aliphatic heterocycles. The number of allylic oxidation sites excluding steroid dienone is 2. The van der Waals surface area contributed by atoms with Gasteiger partial charge >= 0.3 is 0 Å². The van der Waals surface area contributed by atoms with E-state index in [1.54, 1.807) is 0 Å². The number of carbonyl (C=O) groups is 1. The van der Waals surface area contributed by atoms with Gasteiger partial charge in [-0.1, -0.05) is 26.8 Å². The fourth-order valence-electron chi connectivity index (χ4n) is 6.27. The molecule has 6 rings (SSSR count). The van der Waals surface area contributed by atoms with E-state index < -0.39 is 0 Å². The summed E-state index contributed by atoms with van der Waals surface area (Å²) >= 11 is 0. The lowest BCUT2D eigenvalue weighted by Crippen LogP contribution is -2.52. The van der Waals surface area contributed by atoms with Crippen molar-refractivity contribution < 1.29 is 14.3 Å². The van der Waals surface area contributed by atoms with E-state index in [0.717, 1.165) is 90.3 Å². The Morgan fingerprint density at radius 1 is 1.14 bits per heavy atom. The minimum Gasteiger partial charge on any atom is -0.490 e. The monoisotopic (exact) mass is 468 g/mol. The van der Waals surface area contributed by atoms with Gasteiger partial charge in [0.25, 0.3) is 0 Å². The van der Waals surface area contributed by atoms with Crippen molar-refractivity contribution in [3.05, 3.63) is 69.3 Å². The lowest BCUT2D eigenvalue weighted by molar-refractivity contribution is -0.0778. The smallest absolute Gasteiger partial charge is 0.193 e. The highest BCUT2D eigenvalue weighted by molar-refractivity contribution is 6.33. The fraction of sp³-hybridized carbons (Fsp3) is 0.467. The zero-order valence-corrected chi connectivity index (χ0v) is 20.8. The Kier molecular flexibility index (Phi) is 5.36. The fourth-order valence-corrected chi connectivity index (χ4v) is 6.27. The first-order valence-electron chi connectivity index (χ1n) is 12.9. The number of rotatable bonds is 4. The number of likely N-dealkylation sites (tertiary alicyclic amines) is 1. The van der Waals surface area contributed by atoms with Crippen LogP contribution in [0.5, 0.6) is 5.75 Å². The first-order valence-corrected chi connectivity index (χ1v) is 12.9. The number of benzene rings is 2. The molecule has 0 atom stereocenters. The van der Waals surface area contributed by atoms with Gasteiger partial charge in [0.05, 0.1) is 30.9 Å². The maximum Gasteiger partial charge on any atom is 0.193 e. The third-order valence-corrected chi connectivity index (χ3v) is 8.56. The molecule has 2 heterocycles. The molecule has 2 aromatic rings. The van der Waals surface area contributed by atoms with Crippen LogP contribution in [0.4, 0.5) is 0 Å². The summed E-state index contributed by atoms with van der Waals surface area (Å²) in [4.78, 5) is 16.4. The third-order valence-electron chi connectivity index (χ3n) is 8.56. The Labute approximate surface area is 207 Å². The van der Waals surface area contributed by atoms with E-state index in [4.69, 9.17) is 9.47 Å². The Balaban J connectivity index is 1.31. The van der Waals surface area contributed by atoms with Gasteiger partial charge in [-0.15, -0.1) is 0 Å². The van der Waals surface area contributed by atoms with Crippen LogP contribution >= 0.6 is 0 Å². The van der Waals surface area contributed by atoms with Crippen LogP contribution in [0.1, 0.15) is 71.8 Å². The molecular weight excluding hydrogens is 436 g/mol. The second-order valence-electron chi connectivity index (χ2n) is 10.9. The maximum atomic E-state index is 13.8. The highest BCUT2D eigenvalue weighted by Crippen LogP contribution is 2.51.